The van der Waals surface area contributed by atoms with Crippen molar-refractivity contribution in [1.29, 1.82) is 0 Å². The molecule has 6 rings (SSSR count). The van der Waals surface area contributed by atoms with Gasteiger partial charge in [0.15, 0.2) is 11.5 Å². The minimum Gasteiger partial charge on any atom is -0.486 e. The van der Waals surface area contributed by atoms with E-state index in [1.54, 1.807) is 11.3 Å². The van der Waals surface area contributed by atoms with E-state index < -0.39 is 0 Å². The monoisotopic (exact) mass is 473 g/mol. The van der Waals surface area contributed by atoms with Gasteiger partial charge in [-0.3, -0.25) is 9.69 Å². The van der Waals surface area contributed by atoms with Crippen LogP contribution in [0.4, 0.5) is 0 Å². The predicted molar refractivity (Wildman–Crippen MR) is 135 cm³/mol. The second-order valence-electron chi connectivity index (χ2n) is 9.12. The summed E-state index contributed by atoms with van der Waals surface area (Å²) in [5, 5.41) is 0.694. The molecule has 2 aromatic heterocycles. The van der Waals surface area contributed by atoms with Crippen molar-refractivity contribution in [3.8, 4) is 22.6 Å². The van der Waals surface area contributed by atoms with Crippen LogP contribution in [0.1, 0.15) is 40.7 Å². The van der Waals surface area contributed by atoms with Crippen LogP contribution in [0.15, 0.2) is 47.3 Å². The number of ether oxygens (including phenoxy) is 2. The zero-order valence-electron chi connectivity index (χ0n) is 19.4. The molecule has 0 radical (unpaired) electrons. The summed E-state index contributed by atoms with van der Waals surface area (Å²) < 4.78 is 11.5. The molecular formula is C27H27N3O3S. The topological polar surface area (TPSA) is 67.5 Å². The highest BCUT2D eigenvalue weighted by Crippen LogP contribution is 2.39. The minimum atomic E-state index is -0.0602. The van der Waals surface area contributed by atoms with Gasteiger partial charge in [-0.05, 0) is 56.5 Å². The second-order valence-corrected chi connectivity index (χ2v) is 10.3. The van der Waals surface area contributed by atoms with Crippen LogP contribution in [0, 0.1) is 13.8 Å². The number of aryl methyl sites for hydroxylation is 2. The number of fused-ring (bicyclic) bond motifs is 2. The van der Waals surface area contributed by atoms with E-state index in [4.69, 9.17) is 14.5 Å². The summed E-state index contributed by atoms with van der Waals surface area (Å²) in [6, 6.07) is 14.8. The fraction of sp³-hybridized carbons (Fsp3) is 0.333. The number of thiophene rings is 1. The number of hydrogen-bond acceptors (Lipinski definition) is 6. The number of likely N-dealkylation sites (tertiary alicyclic amines) is 1. The standard InChI is InChI=1S/C27H27N3O3S/c1-16-5-7-18(8-6-16)24-17(2)34-27-25(24)26(31)28-23(29-27)15-30-11-3-4-20(30)19-9-10-21-22(14-19)33-13-12-32-21/h5-10,14,20H,3-4,11-13,15H2,1-2H3,(H,28,29,31)/t20-/m0/s1. The highest BCUT2D eigenvalue weighted by molar-refractivity contribution is 7.19. The first-order chi connectivity index (χ1) is 16.6. The number of benzene rings is 2. The first kappa shape index (κ1) is 21.4. The molecule has 0 saturated carbocycles. The molecule has 0 aliphatic carbocycles. The molecule has 2 aliphatic rings. The molecule has 7 heteroatoms. The Morgan fingerprint density at radius 2 is 1.88 bits per heavy atom. The molecule has 2 aliphatic heterocycles. The van der Waals surface area contributed by atoms with Crippen molar-refractivity contribution in [3.05, 3.63) is 74.6 Å². The van der Waals surface area contributed by atoms with E-state index in [0.717, 1.165) is 57.5 Å². The lowest BCUT2D eigenvalue weighted by Crippen LogP contribution is -2.26. The number of rotatable bonds is 4. The zero-order valence-corrected chi connectivity index (χ0v) is 20.2. The van der Waals surface area contributed by atoms with Crippen molar-refractivity contribution in [2.75, 3.05) is 19.8 Å². The van der Waals surface area contributed by atoms with Gasteiger partial charge in [0.05, 0.1) is 11.9 Å². The van der Waals surface area contributed by atoms with Crippen molar-refractivity contribution >= 4 is 21.6 Å². The van der Waals surface area contributed by atoms with Gasteiger partial charge in [-0.15, -0.1) is 11.3 Å². The van der Waals surface area contributed by atoms with E-state index in [2.05, 4.69) is 60.1 Å². The van der Waals surface area contributed by atoms with E-state index in [0.29, 0.717) is 25.1 Å². The molecule has 0 unspecified atom stereocenters. The van der Waals surface area contributed by atoms with Gasteiger partial charge in [-0.1, -0.05) is 35.9 Å². The summed E-state index contributed by atoms with van der Waals surface area (Å²) in [5.74, 6) is 2.35. The number of aromatic nitrogens is 2. The molecule has 2 aromatic carbocycles. The molecule has 174 valence electrons. The molecule has 1 fully saturated rings. The van der Waals surface area contributed by atoms with Gasteiger partial charge in [0.25, 0.3) is 5.56 Å². The van der Waals surface area contributed by atoms with Crippen LogP contribution in [-0.2, 0) is 6.54 Å². The highest BCUT2D eigenvalue weighted by atomic mass is 32.1. The number of hydrogen-bond donors (Lipinski definition) is 1. The van der Waals surface area contributed by atoms with Gasteiger partial charge in [-0.25, -0.2) is 4.98 Å². The lowest BCUT2D eigenvalue weighted by atomic mass is 10.0. The van der Waals surface area contributed by atoms with Crippen LogP contribution in [0.3, 0.4) is 0 Å². The third-order valence-corrected chi connectivity index (χ3v) is 7.79. The number of nitrogens with zero attached hydrogens (tertiary/aromatic N) is 2. The van der Waals surface area contributed by atoms with E-state index in [1.165, 1.54) is 11.1 Å². The SMILES string of the molecule is Cc1ccc(-c2c(C)sc3nc(CN4CCC[C@H]4c4ccc5c(c4)OCCO5)[nH]c(=O)c23)cc1. The number of aromatic amines is 1. The lowest BCUT2D eigenvalue weighted by Gasteiger charge is -2.26. The molecule has 0 bridgehead atoms. The van der Waals surface area contributed by atoms with Crippen molar-refractivity contribution in [2.45, 2.75) is 39.3 Å². The van der Waals surface area contributed by atoms with Crippen molar-refractivity contribution in [1.82, 2.24) is 14.9 Å². The Morgan fingerprint density at radius 3 is 2.71 bits per heavy atom. The van der Waals surface area contributed by atoms with Crippen LogP contribution in [0.25, 0.3) is 21.3 Å². The van der Waals surface area contributed by atoms with Gasteiger partial charge in [-0.2, -0.15) is 0 Å². The molecule has 34 heavy (non-hydrogen) atoms. The molecule has 4 heterocycles. The van der Waals surface area contributed by atoms with E-state index in [9.17, 15) is 4.79 Å². The molecule has 0 amide bonds. The Kier molecular flexibility index (Phi) is 5.38. The molecule has 6 nitrogen and oxygen atoms in total. The summed E-state index contributed by atoms with van der Waals surface area (Å²) in [4.78, 5) is 25.5. The third-order valence-electron chi connectivity index (χ3n) is 6.79. The maximum absolute atomic E-state index is 13.2. The Bertz CT molecular complexity index is 1420. The third kappa shape index (κ3) is 3.79. The predicted octanol–water partition coefficient (Wildman–Crippen LogP) is 5.38. The summed E-state index contributed by atoms with van der Waals surface area (Å²) in [6.45, 7) is 6.90. The zero-order chi connectivity index (χ0) is 23.2. The Morgan fingerprint density at radius 1 is 1.09 bits per heavy atom. The van der Waals surface area contributed by atoms with Gasteiger partial charge >= 0.3 is 0 Å². The van der Waals surface area contributed by atoms with Gasteiger partial charge in [0.2, 0.25) is 0 Å². The number of nitrogens with one attached hydrogen (secondary N) is 1. The van der Waals surface area contributed by atoms with Crippen molar-refractivity contribution in [2.24, 2.45) is 0 Å². The summed E-state index contributed by atoms with van der Waals surface area (Å²) >= 11 is 1.60. The molecular weight excluding hydrogens is 446 g/mol. The summed E-state index contributed by atoms with van der Waals surface area (Å²) in [6.07, 6.45) is 2.18. The second kappa shape index (κ2) is 8.56. The Labute approximate surface area is 202 Å². The van der Waals surface area contributed by atoms with Crippen LogP contribution in [-0.4, -0.2) is 34.6 Å². The normalized spacial score (nSPS) is 18.0. The van der Waals surface area contributed by atoms with E-state index in [-0.39, 0.29) is 11.6 Å². The fourth-order valence-corrected chi connectivity index (χ4v) is 6.22. The Hall–Kier alpha value is -3.16. The fourth-order valence-electron chi connectivity index (χ4n) is 5.16. The van der Waals surface area contributed by atoms with Crippen molar-refractivity contribution < 1.29 is 9.47 Å². The maximum atomic E-state index is 13.2. The highest BCUT2D eigenvalue weighted by Gasteiger charge is 2.28. The van der Waals surface area contributed by atoms with Crippen LogP contribution >= 0.6 is 11.3 Å². The van der Waals surface area contributed by atoms with Crippen molar-refractivity contribution in [3.63, 3.8) is 0 Å². The van der Waals surface area contributed by atoms with Crippen LogP contribution in [0.2, 0.25) is 0 Å². The minimum absolute atomic E-state index is 0.0602. The maximum Gasteiger partial charge on any atom is 0.260 e. The van der Waals surface area contributed by atoms with Crippen LogP contribution in [0.5, 0.6) is 11.5 Å². The summed E-state index contributed by atoms with van der Waals surface area (Å²) in [5.41, 5.74) is 4.42. The van der Waals surface area contributed by atoms with E-state index in [1.807, 2.05) is 6.07 Å². The van der Waals surface area contributed by atoms with Crippen LogP contribution < -0.4 is 15.0 Å². The Balaban J connectivity index is 1.31. The quantitative estimate of drug-likeness (QED) is 0.431. The van der Waals surface area contributed by atoms with Gasteiger partial charge < -0.3 is 14.5 Å². The van der Waals surface area contributed by atoms with Gasteiger partial charge in [0, 0.05) is 16.5 Å². The molecule has 0 spiro atoms. The van der Waals surface area contributed by atoms with E-state index >= 15 is 0 Å². The average molecular weight is 474 g/mol. The van der Waals surface area contributed by atoms with Gasteiger partial charge in [0.1, 0.15) is 23.9 Å². The molecule has 1 saturated heterocycles. The molecule has 4 aromatic rings. The first-order valence-electron chi connectivity index (χ1n) is 11.8. The lowest BCUT2D eigenvalue weighted by molar-refractivity contribution is 0.170. The smallest absolute Gasteiger partial charge is 0.260 e. The molecule has 1 N–H and O–H groups in total. The first-order valence-corrected chi connectivity index (χ1v) is 12.6. The largest absolute Gasteiger partial charge is 0.486 e. The average Bonchev–Trinajstić information content (AvgIpc) is 3.43. The number of H-pyrrole nitrogens is 1. The molecule has 1 atom stereocenters. The summed E-state index contributed by atoms with van der Waals surface area (Å²) in [7, 11) is 0.